The van der Waals surface area contributed by atoms with E-state index < -0.39 is 30.6 Å². The molecule has 0 aromatic heterocycles. The molecule has 1 amide bonds. The van der Waals surface area contributed by atoms with E-state index >= 15 is 0 Å². The molecule has 9 heteroatoms. The molecule has 2 atom stereocenters. The second-order valence-corrected chi connectivity index (χ2v) is 6.19. The van der Waals surface area contributed by atoms with Gasteiger partial charge < -0.3 is 30.0 Å². The molecule has 0 saturated heterocycles. The number of hydrogen-bond acceptors (Lipinski definition) is 6. The van der Waals surface area contributed by atoms with Gasteiger partial charge in [0.05, 0.1) is 5.69 Å². The molecule has 1 aromatic carbocycles. The molecule has 0 saturated carbocycles. The molecular weight excluding hydrogens is 326 g/mol. The highest BCUT2D eigenvalue weighted by Gasteiger charge is 2.28. The number of ether oxygens (including phenoxy) is 3. The van der Waals surface area contributed by atoms with Crippen molar-refractivity contribution in [3.8, 4) is 11.5 Å². The van der Waals surface area contributed by atoms with E-state index in [1.54, 1.807) is 20.8 Å². The summed E-state index contributed by atoms with van der Waals surface area (Å²) in [5.41, 5.74) is -0.410. The van der Waals surface area contributed by atoms with Gasteiger partial charge in [-0.3, -0.25) is 0 Å². The fraction of sp³-hybridized carbons (Fsp3) is 0.533. The van der Waals surface area contributed by atoms with E-state index in [1.165, 1.54) is 18.2 Å². The molecule has 2 rings (SSSR count). The number of aliphatic hydroxyl groups is 1. The van der Waals surface area contributed by atoms with Crippen LogP contribution in [0, 0.1) is 0 Å². The van der Waals surface area contributed by atoms with Crippen LogP contribution < -0.4 is 20.1 Å². The average molecular weight is 346 g/mol. The SMILES string of the molecule is CC(C)(C)OC(=O)N[C@H]1COc2ccc(OC(F)F)cc2NC1O. The van der Waals surface area contributed by atoms with Crippen molar-refractivity contribution < 1.29 is 32.9 Å². The Labute approximate surface area is 137 Å². The van der Waals surface area contributed by atoms with Gasteiger partial charge in [0, 0.05) is 6.07 Å². The smallest absolute Gasteiger partial charge is 0.408 e. The van der Waals surface area contributed by atoms with Gasteiger partial charge in [0.15, 0.2) is 0 Å². The third kappa shape index (κ3) is 5.12. The van der Waals surface area contributed by atoms with Crippen LogP contribution >= 0.6 is 0 Å². The minimum absolute atomic E-state index is 0.0323. The second kappa shape index (κ2) is 7.08. The van der Waals surface area contributed by atoms with Crippen LogP contribution in [0.3, 0.4) is 0 Å². The fourth-order valence-corrected chi connectivity index (χ4v) is 2.03. The summed E-state index contributed by atoms with van der Waals surface area (Å²) in [5.74, 6) is 0.259. The number of halogens is 2. The van der Waals surface area contributed by atoms with E-state index in [0.29, 0.717) is 5.75 Å². The van der Waals surface area contributed by atoms with Crippen LogP contribution in [0.15, 0.2) is 18.2 Å². The predicted octanol–water partition coefficient (Wildman–Crippen LogP) is 2.30. The Bertz CT molecular complexity index is 592. The molecule has 0 spiro atoms. The Balaban J connectivity index is 2.05. The molecule has 1 heterocycles. The number of benzene rings is 1. The third-order valence-corrected chi connectivity index (χ3v) is 2.98. The normalized spacial score (nSPS) is 20.3. The molecule has 7 nitrogen and oxygen atoms in total. The Hall–Kier alpha value is -2.29. The molecule has 0 aliphatic carbocycles. The largest absolute Gasteiger partial charge is 0.489 e. The van der Waals surface area contributed by atoms with Crippen molar-refractivity contribution in [3.63, 3.8) is 0 Å². The molecule has 0 fully saturated rings. The lowest BCUT2D eigenvalue weighted by molar-refractivity contribution is -0.0498. The average Bonchev–Trinajstić information content (AvgIpc) is 2.55. The monoisotopic (exact) mass is 346 g/mol. The highest BCUT2D eigenvalue weighted by molar-refractivity contribution is 5.68. The van der Waals surface area contributed by atoms with Gasteiger partial charge in [-0.25, -0.2) is 4.79 Å². The third-order valence-electron chi connectivity index (χ3n) is 2.98. The maximum atomic E-state index is 12.3. The van der Waals surface area contributed by atoms with E-state index in [9.17, 15) is 18.7 Å². The molecule has 0 radical (unpaired) electrons. The Kier molecular flexibility index (Phi) is 5.33. The first kappa shape index (κ1) is 18.1. The maximum absolute atomic E-state index is 12.3. The van der Waals surface area contributed by atoms with Gasteiger partial charge in [0.25, 0.3) is 0 Å². The molecule has 1 aromatic rings. The van der Waals surface area contributed by atoms with E-state index in [-0.39, 0.29) is 18.0 Å². The van der Waals surface area contributed by atoms with E-state index in [4.69, 9.17) is 9.47 Å². The second-order valence-electron chi connectivity index (χ2n) is 6.19. The first-order valence-electron chi connectivity index (χ1n) is 7.30. The number of rotatable bonds is 3. The predicted molar refractivity (Wildman–Crippen MR) is 81.4 cm³/mol. The van der Waals surface area contributed by atoms with Gasteiger partial charge in [-0.05, 0) is 32.9 Å². The first-order valence-corrected chi connectivity index (χ1v) is 7.30. The van der Waals surface area contributed by atoms with Crippen molar-refractivity contribution in [3.05, 3.63) is 18.2 Å². The van der Waals surface area contributed by atoms with E-state index in [0.717, 1.165) is 0 Å². The molecule has 1 unspecified atom stereocenters. The number of aliphatic hydroxyl groups excluding tert-OH is 1. The molecule has 24 heavy (non-hydrogen) atoms. The number of anilines is 1. The molecule has 3 N–H and O–H groups in total. The summed E-state index contributed by atoms with van der Waals surface area (Å²) >= 11 is 0. The molecule has 134 valence electrons. The lowest BCUT2D eigenvalue weighted by atomic mass is 10.2. The lowest BCUT2D eigenvalue weighted by Gasteiger charge is -2.25. The number of carbonyl (C=O) groups is 1. The number of nitrogens with one attached hydrogen (secondary N) is 2. The zero-order valence-corrected chi connectivity index (χ0v) is 13.5. The van der Waals surface area contributed by atoms with Gasteiger partial charge in [-0.2, -0.15) is 8.78 Å². The molecule has 1 aliphatic heterocycles. The van der Waals surface area contributed by atoms with Crippen molar-refractivity contribution >= 4 is 11.8 Å². The maximum Gasteiger partial charge on any atom is 0.408 e. The first-order chi connectivity index (χ1) is 11.1. The van der Waals surface area contributed by atoms with Crippen LogP contribution in [0.5, 0.6) is 11.5 Å². The van der Waals surface area contributed by atoms with Gasteiger partial charge in [0.2, 0.25) is 0 Å². The van der Waals surface area contributed by atoms with E-state index in [1.807, 2.05) is 0 Å². The minimum atomic E-state index is -2.96. The number of carbonyl (C=O) groups excluding carboxylic acids is 1. The lowest BCUT2D eigenvalue weighted by Crippen LogP contribution is -2.50. The van der Waals surface area contributed by atoms with Crippen molar-refractivity contribution in [1.29, 1.82) is 0 Å². The fourth-order valence-electron chi connectivity index (χ4n) is 2.03. The summed E-state index contributed by atoms with van der Waals surface area (Å²) in [4.78, 5) is 11.8. The van der Waals surface area contributed by atoms with Crippen LogP contribution in [-0.2, 0) is 4.74 Å². The summed E-state index contributed by atoms with van der Waals surface area (Å²) in [6.07, 6.45) is -1.91. The van der Waals surface area contributed by atoms with Crippen LogP contribution in [0.25, 0.3) is 0 Å². The number of alkyl carbamates (subject to hydrolysis) is 1. The summed E-state index contributed by atoms with van der Waals surface area (Å²) in [7, 11) is 0. The Morgan fingerprint density at radius 1 is 1.46 bits per heavy atom. The quantitative estimate of drug-likeness (QED) is 0.778. The zero-order chi connectivity index (χ0) is 17.9. The minimum Gasteiger partial charge on any atom is -0.489 e. The van der Waals surface area contributed by atoms with Gasteiger partial charge in [-0.15, -0.1) is 0 Å². The Morgan fingerprint density at radius 2 is 2.17 bits per heavy atom. The molecule has 1 aliphatic rings. The van der Waals surface area contributed by atoms with Crippen LogP contribution in [0.4, 0.5) is 19.3 Å². The summed E-state index contributed by atoms with van der Waals surface area (Å²) in [6, 6.07) is 3.23. The van der Waals surface area contributed by atoms with Gasteiger partial charge >= 0.3 is 12.7 Å². The summed E-state index contributed by atoms with van der Waals surface area (Å²) < 4.78 is 39.4. The molecule has 0 bridgehead atoms. The van der Waals surface area contributed by atoms with Crippen molar-refractivity contribution in [2.75, 3.05) is 11.9 Å². The number of alkyl halides is 2. The summed E-state index contributed by atoms with van der Waals surface area (Å²) in [5, 5.41) is 15.4. The van der Waals surface area contributed by atoms with E-state index in [2.05, 4.69) is 15.4 Å². The highest BCUT2D eigenvalue weighted by Crippen LogP contribution is 2.32. The number of hydrogen-bond donors (Lipinski definition) is 3. The van der Waals surface area contributed by atoms with Crippen molar-refractivity contribution in [2.24, 2.45) is 0 Å². The molecular formula is C15H20F2N2O5. The van der Waals surface area contributed by atoms with Crippen LogP contribution in [0.2, 0.25) is 0 Å². The zero-order valence-electron chi connectivity index (χ0n) is 13.5. The topological polar surface area (TPSA) is 89.1 Å². The number of amides is 1. The standard InChI is InChI=1S/C15H20F2N2O5/c1-15(2,3)24-14(21)19-10-7-22-11-5-4-8(23-13(16)17)6-9(11)18-12(10)20/h4-6,10,12-13,18,20H,7H2,1-3H3,(H,19,21)/t10-,12?/m0/s1. The van der Waals surface area contributed by atoms with Crippen LogP contribution in [-0.4, -0.2) is 42.3 Å². The highest BCUT2D eigenvalue weighted by atomic mass is 19.3. The van der Waals surface area contributed by atoms with Crippen LogP contribution in [0.1, 0.15) is 20.8 Å². The Morgan fingerprint density at radius 3 is 2.79 bits per heavy atom. The van der Waals surface area contributed by atoms with Crippen molar-refractivity contribution in [1.82, 2.24) is 5.32 Å². The van der Waals surface area contributed by atoms with Gasteiger partial charge in [-0.1, -0.05) is 0 Å². The van der Waals surface area contributed by atoms with Gasteiger partial charge in [0.1, 0.15) is 36.0 Å². The number of fused-ring (bicyclic) bond motifs is 1. The summed E-state index contributed by atoms with van der Waals surface area (Å²) in [6.45, 7) is 2.15. The van der Waals surface area contributed by atoms with Crippen molar-refractivity contribution in [2.45, 2.75) is 45.3 Å².